The Hall–Kier alpha value is 0.440. The van der Waals surface area contributed by atoms with E-state index in [4.69, 9.17) is 0 Å². The van der Waals surface area contributed by atoms with E-state index in [-0.39, 0.29) is 6.10 Å². The van der Waals surface area contributed by atoms with Gasteiger partial charge < -0.3 is 5.11 Å². The fourth-order valence-electron chi connectivity index (χ4n) is 9.26. The van der Waals surface area contributed by atoms with Gasteiger partial charge in [-0.2, -0.15) is 0 Å². The largest absolute Gasteiger partial charge is 0.392 e. The number of aliphatic hydroxyl groups excluding tert-OH is 1. The van der Waals surface area contributed by atoms with Crippen LogP contribution in [0.1, 0.15) is 105 Å². The molecule has 4 aliphatic rings. The van der Waals surface area contributed by atoms with Gasteiger partial charge in [0.15, 0.2) is 0 Å². The first-order chi connectivity index (χ1) is 13.7. The van der Waals surface area contributed by atoms with Crippen LogP contribution in [-0.2, 0) is 0 Å². The van der Waals surface area contributed by atoms with Crippen LogP contribution in [0.4, 0.5) is 0 Å². The van der Waals surface area contributed by atoms with Crippen LogP contribution in [0.5, 0.6) is 0 Å². The molecule has 4 saturated carbocycles. The standard InChI is InChI=1S/C27H47BrO/c1-17(2)7-6-8-18(3)21-11-12-22-20-10-9-19-15-25(29)24(28)16-27(19,5)23(20)13-14-26(21,22)4/h17-25,29H,6-16H2,1-5H3/t18-,19+,20+,21+,22-,23-,24-,25+,26+,27+/m1/s1. The predicted octanol–water partition coefficient (Wildman–Crippen LogP) is 7.84. The van der Waals surface area contributed by atoms with Gasteiger partial charge in [0.1, 0.15) is 0 Å². The summed E-state index contributed by atoms with van der Waals surface area (Å²) in [6, 6.07) is 0. The van der Waals surface area contributed by atoms with E-state index in [2.05, 4.69) is 50.5 Å². The number of hydrogen-bond donors (Lipinski definition) is 1. The molecule has 10 atom stereocenters. The lowest BCUT2D eigenvalue weighted by Crippen LogP contribution is -2.56. The molecule has 4 aliphatic carbocycles. The molecule has 0 aromatic heterocycles. The number of aliphatic hydroxyl groups is 1. The van der Waals surface area contributed by atoms with Crippen molar-refractivity contribution in [1.29, 1.82) is 0 Å². The second kappa shape index (κ2) is 8.42. The average molecular weight is 468 g/mol. The highest BCUT2D eigenvalue weighted by Crippen LogP contribution is 2.68. The molecule has 0 bridgehead atoms. The highest BCUT2D eigenvalue weighted by Gasteiger charge is 2.61. The van der Waals surface area contributed by atoms with Crippen LogP contribution in [-0.4, -0.2) is 16.0 Å². The van der Waals surface area contributed by atoms with Crippen molar-refractivity contribution in [2.75, 3.05) is 0 Å². The Morgan fingerprint density at radius 1 is 0.931 bits per heavy atom. The Kier molecular flexibility index (Phi) is 6.57. The lowest BCUT2D eigenvalue weighted by Gasteiger charge is -2.61. The third-order valence-electron chi connectivity index (χ3n) is 10.8. The average Bonchev–Trinajstić information content (AvgIpc) is 3.00. The molecule has 0 radical (unpaired) electrons. The maximum absolute atomic E-state index is 10.5. The highest BCUT2D eigenvalue weighted by atomic mass is 79.9. The quantitative estimate of drug-likeness (QED) is 0.408. The number of alkyl halides is 1. The zero-order chi connectivity index (χ0) is 21.0. The third kappa shape index (κ3) is 3.90. The van der Waals surface area contributed by atoms with Crippen molar-refractivity contribution in [1.82, 2.24) is 0 Å². The van der Waals surface area contributed by atoms with E-state index in [1.54, 1.807) is 0 Å². The van der Waals surface area contributed by atoms with Gasteiger partial charge in [-0.3, -0.25) is 0 Å². The molecule has 0 aliphatic heterocycles. The molecule has 4 rings (SSSR count). The van der Waals surface area contributed by atoms with Crippen LogP contribution < -0.4 is 0 Å². The topological polar surface area (TPSA) is 20.2 Å². The lowest BCUT2D eigenvalue weighted by atomic mass is 9.44. The summed E-state index contributed by atoms with van der Waals surface area (Å²) in [5.41, 5.74) is 1.06. The van der Waals surface area contributed by atoms with E-state index in [1.807, 2.05) is 0 Å². The first-order valence-corrected chi connectivity index (χ1v) is 13.9. The second-order valence-corrected chi connectivity index (χ2v) is 13.9. The number of hydrogen-bond acceptors (Lipinski definition) is 1. The second-order valence-electron chi connectivity index (χ2n) is 12.7. The van der Waals surface area contributed by atoms with Crippen molar-refractivity contribution in [2.45, 2.75) is 116 Å². The fraction of sp³-hybridized carbons (Fsp3) is 1.00. The van der Waals surface area contributed by atoms with Crippen molar-refractivity contribution < 1.29 is 5.11 Å². The number of fused-ring (bicyclic) bond motifs is 5. The van der Waals surface area contributed by atoms with Gasteiger partial charge in [0.05, 0.1) is 6.10 Å². The molecule has 0 saturated heterocycles. The molecule has 168 valence electrons. The lowest BCUT2D eigenvalue weighted by molar-refractivity contribution is -0.127. The molecular weight excluding hydrogens is 420 g/mol. The molecule has 2 heteroatoms. The summed E-state index contributed by atoms with van der Waals surface area (Å²) in [7, 11) is 0. The molecule has 0 amide bonds. The zero-order valence-corrected chi connectivity index (χ0v) is 21.4. The molecule has 0 unspecified atom stereocenters. The Morgan fingerprint density at radius 3 is 2.38 bits per heavy atom. The van der Waals surface area contributed by atoms with E-state index >= 15 is 0 Å². The molecule has 0 heterocycles. The van der Waals surface area contributed by atoms with Gasteiger partial charge in [-0.05, 0) is 104 Å². The summed E-state index contributed by atoms with van der Waals surface area (Å²) in [4.78, 5) is 0.313. The summed E-state index contributed by atoms with van der Waals surface area (Å²) in [6.07, 6.45) is 15.1. The first-order valence-electron chi connectivity index (χ1n) is 13.0. The van der Waals surface area contributed by atoms with E-state index in [0.29, 0.717) is 15.7 Å². The Balaban J connectivity index is 1.47. The van der Waals surface area contributed by atoms with Crippen LogP contribution >= 0.6 is 15.9 Å². The SMILES string of the molecule is CC(C)CCC[C@@H](C)[C@@H]1CC[C@@H]2[C@@H]3CC[C@H]4C[C@H](O)[C@H](Br)C[C@]4(C)[C@@H]3CC[C@]21C. The van der Waals surface area contributed by atoms with Crippen molar-refractivity contribution in [3.05, 3.63) is 0 Å². The van der Waals surface area contributed by atoms with E-state index in [1.165, 1.54) is 64.2 Å². The van der Waals surface area contributed by atoms with Crippen LogP contribution in [0.25, 0.3) is 0 Å². The number of halogens is 1. The van der Waals surface area contributed by atoms with Crippen LogP contribution in [0, 0.1) is 52.3 Å². The van der Waals surface area contributed by atoms with Gasteiger partial charge in [-0.15, -0.1) is 0 Å². The third-order valence-corrected chi connectivity index (χ3v) is 11.8. The van der Waals surface area contributed by atoms with Gasteiger partial charge in [0, 0.05) is 4.83 Å². The van der Waals surface area contributed by atoms with Gasteiger partial charge >= 0.3 is 0 Å². The van der Waals surface area contributed by atoms with Gasteiger partial charge in [0.25, 0.3) is 0 Å². The van der Waals surface area contributed by atoms with Crippen LogP contribution in [0.2, 0.25) is 0 Å². The minimum absolute atomic E-state index is 0.124. The summed E-state index contributed by atoms with van der Waals surface area (Å²) in [5.74, 6) is 6.31. The van der Waals surface area contributed by atoms with Gasteiger partial charge in [-0.25, -0.2) is 0 Å². The maximum Gasteiger partial charge on any atom is 0.0668 e. The van der Waals surface area contributed by atoms with Crippen LogP contribution in [0.3, 0.4) is 0 Å². The molecule has 0 aromatic carbocycles. The Morgan fingerprint density at radius 2 is 1.66 bits per heavy atom. The summed E-state index contributed by atoms with van der Waals surface area (Å²) in [5, 5.41) is 10.5. The minimum atomic E-state index is -0.124. The monoisotopic (exact) mass is 466 g/mol. The molecule has 4 fully saturated rings. The maximum atomic E-state index is 10.5. The smallest absolute Gasteiger partial charge is 0.0668 e. The Labute approximate surface area is 189 Å². The van der Waals surface area contributed by atoms with Gasteiger partial charge in [-0.1, -0.05) is 69.8 Å². The molecular formula is C27H47BrO. The molecule has 1 N–H and O–H groups in total. The van der Waals surface area contributed by atoms with E-state index in [0.717, 1.165) is 47.8 Å². The van der Waals surface area contributed by atoms with E-state index in [9.17, 15) is 5.11 Å². The van der Waals surface area contributed by atoms with Crippen LogP contribution in [0.15, 0.2) is 0 Å². The summed E-state index contributed by atoms with van der Waals surface area (Å²) in [6.45, 7) is 12.6. The van der Waals surface area contributed by atoms with Crippen molar-refractivity contribution in [2.24, 2.45) is 52.3 Å². The normalized spacial score (nSPS) is 50.7. The van der Waals surface area contributed by atoms with E-state index < -0.39 is 0 Å². The van der Waals surface area contributed by atoms with Gasteiger partial charge in [0.2, 0.25) is 0 Å². The fourth-order valence-corrected chi connectivity index (χ4v) is 10.2. The highest BCUT2D eigenvalue weighted by molar-refractivity contribution is 9.09. The molecule has 0 aromatic rings. The zero-order valence-electron chi connectivity index (χ0n) is 19.8. The molecule has 1 nitrogen and oxygen atoms in total. The molecule has 0 spiro atoms. The Bertz CT molecular complexity index is 575. The van der Waals surface area contributed by atoms with Crippen molar-refractivity contribution >= 4 is 15.9 Å². The number of rotatable bonds is 5. The van der Waals surface area contributed by atoms with Crippen molar-refractivity contribution in [3.63, 3.8) is 0 Å². The minimum Gasteiger partial charge on any atom is -0.392 e. The molecule has 29 heavy (non-hydrogen) atoms. The summed E-state index contributed by atoms with van der Waals surface area (Å²) < 4.78 is 0. The summed E-state index contributed by atoms with van der Waals surface area (Å²) >= 11 is 3.85. The first kappa shape index (κ1) is 22.6. The van der Waals surface area contributed by atoms with Crippen molar-refractivity contribution in [3.8, 4) is 0 Å². The predicted molar refractivity (Wildman–Crippen MR) is 127 cm³/mol.